The molecule has 168 valence electrons. The molecule has 0 spiro atoms. The van der Waals surface area contributed by atoms with Crippen molar-refractivity contribution >= 4 is 46.0 Å². The molecule has 0 aliphatic carbocycles. The van der Waals surface area contributed by atoms with Crippen LogP contribution in [0.1, 0.15) is 11.1 Å². The average Bonchev–Trinajstić information content (AvgIpc) is 3.00. The summed E-state index contributed by atoms with van der Waals surface area (Å²) >= 11 is 6.27. The van der Waals surface area contributed by atoms with Crippen LogP contribution in [0.4, 0.5) is 5.69 Å². The number of carbonyl (C=O) groups is 1. The molecule has 10 heteroatoms. The number of nitro benzene ring substituents is 1. The summed E-state index contributed by atoms with van der Waals surface area (Å²) in [4.78, 5) is 24.7. The van der Waals surface area contributed by atoms with Crippen molar-refractivity contribution in [3.8, 4) is 11.5 Å². The number of non-ortho nitro benzene ring substituents is 1. The lowest BCUT2D eigenvalue weighted by atomic mass is 10.1. The minimum Gasteiger partial charge on any atom is -0.491 e. The molecule has 0 saturated carbocycles. The van der Waals surface area contributed by atoms with Gasteiger partial charge in [0.05, 0.1) is 23.0 Å². The maximum absolute atomic E-state index is 12.3. The van der Waals surface area contributed by atoms with Crippen molar-refractivity contribution < 1.29 is 23.9 Å². The zero-order chi connectivity index (χ0) is 23.1. The van der Waals surface area contributed by atoms with Gasteiger partial charge in [-0.25, -0.2) is 0 Å². The van der Waals surface area contributed by atoms with Crippen LogP contribution < -0.4 is 9.47 Å². The van der Waals surface area contributed by atoms with Crippen LogP contribution in [0.3, 0.4) is 0 Å². The Kier molecular flexibility index (Phi) is 8.20. The first-order valence-corrected chi connectivity index (χ1v) is 11.0. The van der Waals surface area contributed by atoms with E-state index in [-0.39, 0.29) is 18.2 Å². The smallest absolute Gasteiger partial charge is 0.270 e. The number of carbonyl (C=O) groups excluding carboxylic acids is 1. The molecule has 8 nitrogen and oxygen atoms in total. The minimum absolute atomic E-state index is 0.0971. The second-order valence-corrected chi connectivity index (χ2v) is 8.52. The molecule has 1 fully saturated rings. The fraction of sp³-hybridized carbons (Fsp3) is 0.273. The average molecular weight is 475 g/mol. The fourth-order valence-corrected chi connectivity index (χ4v) is 3.99. The Bertz CT molecular complexity index is 1060. The van der Waals surface area contributed by atoms with Crippen molar-refractivity contribution in [1.82, 2.24) is 4.90 Å². The highest BCUT2D eigenvalue weighted by molar-refractivity contribution is 8.26. The van der Waals surface area contributed by atoms with Gasteiger partial charge < -0.3 is 14.2 Å². The van der Waals surface area contributed by atoms with Crippen LogP contribution in [0.15, 0.2) is 47.4 Å². The van der Waals surface area contributed by atoms with Gasteiger partial charge in [-0.15, -0.1) is 0 Å². The third kappa shape index (κ3) is 6.28. The van der Waals surface area contributed by atoms with Gasteiger partial charge in [0.1, 0.15) is 29.0 Å². The highest BCUT2D eigenvalue weighted by Crippen LogP contribution is 2.34. The minimum atomic E-state index is -0.497. The molecule has 1 heterocycles. The molecule has 0 unspecified atom stereocenters. The standard InChI is InChI=1S/C22H22N2O6S2/c1-15-4-3-5-18(12-15)29-10-8-28-9-11-30-19-7-6-17(24(26)27)13-16(19)14-20-21(25)23(2)22(31)32-20/h3-7,12-14H,8-11H2,1-2H3. The number of nitro groups is 1. The summed E-state index contributed by atoms with van der Waals surface area (Å²) in [6.45, 7) is 3.34. The summed E-state index contributed by atoms with van der Waals surface area (Å²) in [5.41, 5.74) is 1.45. The Morgan fingerprint density at radius 2 is 1.88 bits per heavy atom. The second kappa shape index (κ2) is 11.1. The molecule has 1 aliphatic heterocycles. The lowest BCUT2D eigenvalue weighted by Crippen LogP contribution is -2.22. The van der Waals surface area contributed by atoms with E-state index in [1.807, 2.05) is 31.2 Å². The van der Waals surface area contributed by atoms with E-state index in [0.29, 0.717) is 40.4 Å². The lowest BCUT2D eigenvalue weighted by molar-refractivity contribution is -0.384. The normalized spacial score (nSPS) is 14.8. The summed E-state index contributed by atoms with van der Waals surface area (Å²) in [5, 5.41) is 11.2. The number of aryl methyl sites for hydroxylation is 1. The number of likely N-dealkylation sites (N-methyl/N-ethyl adjacent to an activating group) is 1. The topological polar surface area (TPSA) is 91.1 Å². The van der Waals surface area contributed by atoms with Crippen LogP contribution >= 0.6 is 24.0 Å². The van der Waals surface area contributed by atoms with Crippen LogP contribution in [-0.4, -0.2) is 53.5 Å². The first-order valence-electron chi connectivity index (χ1n) is 9.75. The van der Waals surface area contributed by atoms with E-state index in [0.717, 1.165) is 23.1 Å². The van der Waals surface area contributed by atoms with Crippen LogP contribution in [0.5, 0.6) is 11.5 Å². The van der Waals surface area contributed by atoms with Gasteiger partial charge >= 0.3 is 0 Å². The number of hydrogen-bond acceptors (Lipinski definition) is 8. The second-order valence-electron chi connectivity index (χ2n) is 6.85. The van der Waals surface area contributed by atoms with Crippen molar-refractivity contribution in [2.45, 2.75) is 6.92 Å². The van der Waals surface area contributed by atoms with Crippen molar-refractivity contribution in [2.24, 2.45) is 0 Å². The summed E-state index contributed by atoms with van der Waals surface area (Å²) in [6, 6.07) is 12.0. The van der Waals surface area contributed by atoms with Crippen LogP contribution in [0, 0.1) is 17.0 Å². The SMILES string of the molecule is Cc1cccc(OCCOCCOc2ccc([N+](=O)[O-])cc2C=C2SC(=S)N(C)C2=O)c1. The van der Waals surface area contributed by atoms with Crippen molar-refractivity contribution in [3.63, 3.8) is 0 Å². The molecule has 0 aromatic heterocycles. The van der Waals surface area contributed by atoms with E-state index in [9.17, 15) is 14.9 Å². The maximum Gasteiger partial charge on any atom is 0.270 e. The molecule has 2 aromatic carbocycles. The number of thioether (sulfide) groups is 1. The van der Waals surface area contributed by atoms with Gasteiger partial charge in [-0.05, 0) is 36.8 Å². The molecule has 2 aromatic rings. The van der Waals surface area contributed by atoms with E-state index in [1.54, 1.807) is 13.1 Å². The fourth-order valence-electron chi connectivity index (χ4n) is 2.82. The predicted octanol–water partition coefficient (Wildman–Crippen LogP) is 4.21. The third-order valence-electron chi connectivity index (χ3n) is 4.45. The van der Waals surface area contributed by atoms with Gasteiger partial charge in [0, 0.05) is 24.7 Å². The zero-order valence-corrected chi connectivity index (χ0v) is 19.2. The molecule has 0 atom stereocenters. The Morgan fingerprint density at radius 3 is 2.53 bits per heavy atom. The summed E-state index contributed by atoms with van der Waals surface area (Å²) in [6.07, 6.45) is 1.56. The highest BCUT2D eigenvalue weighted by Gasteiger charge is 2.29. The van der Waals surface area contributed by atoms with E-state index in [1.165, 1.54) is 23.1 Å². The van der Waals surface area contributed by atoms with E-state index in [4.69, 9.17) is 26.4 Å². The first-order chi connectivity index (χ1) is 15.3. The summed E-state index contributed by atoms with van der Waals surface area (Å²) < 4.78 is 17.3. The van der Waals surface area contributed by atoms with E-state index < -0.39 is 4.92 Å². The van der Waals surface area contributed by atoms with Crippen molar-refractivity contribution in [3.05, 3.63) is 68.6 Å². The largest absolute Gasteiger partial charge is 0.491 e. The van der Waals surface area contributed by atoms with Gasteiger partial charge in [-0.1, -0.05) is 36.1 Å². The van der Waals surface area contributed by atoms with E-state index in [2.05, 4.69) is 0 Å². The molecule has 0 bridgehead atoms. The Balaban J connectivity index is 1.55. The van der Waals surface area contributed by atoms with Gasteiger partial charge in [-0.2, -0.15) is 0 Å². The molecule has 1 saturated heterocycles. The quantitative estimate of drug-likeness (QED) is 0.166. The number of amides is 1. The molecule has 3 rings (SSSR count). The zero-order valence-electron chi connectivity index (χ0n) is 17.6. The molecular formula is C22H22N2O6S2. The molecule has 0 radical (unpaired) electrons. The number of thiocarbonyl (C=S) groups is 1. The van der Waals surface area contributed by atoms with Crippen LogP contribution in [0.25, 0.3) is 6.08 Å². The number of ether oxygens (including phenoxy) is 3. The maximum atomic E-state index is 12.3. The van der Waals surface area contributed by atoms with Gasteiger partial charge in [0.15, 0.2) is 0 Å². The Labute approximate surface area is 195 Å². The molecule has 1 amide bonds. The molecular weight excluding hydrogens is 452 g/mol. The van der Waals surface area contributed by atoms with Crippen LogP contribution in [0.2, 0.25) is 0 Å². The molecule has 32 heavy (non-hydrogen) atoms. The van der Waals surface area contributed by atoms with Crippen molar-refractivity contribution in [1.29, 1.82) is 0 Å². The van der Waals surface area contributed by atoms with Gasteiger partial charge in [-0.3, -0.25) is 19.8 Å². The summed E-state index contributed by atoms with van der Waals surface area (Å²) in [5.74, 6) is 0.948. The van der Waals surface area contributed by atoms with Crippen molar-refractivity contribution in [2.75, 3.05) is 33.5 Å². The monoisotopic (exact) mass is 474 g/mol. The Hall–Kier alpha value is -2.95. The lowest BCUT2D eigenvalue weighted by Gasteiger charge is -2.11. The van der Waals surface area contributed by atoms with Crippen LogP contribution in [-0.2, 0) is 9.53 Å². The first kappa shape index (κ1) is 23.7. The van der Waals surface area contributed by atoms with Gasteiger partial charge in [0.25, 0.3) is 11.6 Å². The molecule has 1 aliphatic rings. The summed E-state index contributed by atoms with van der Waals surface area (Å²) in [7, 11) is 1.59. The third-order valence-corrected chi connectivity index (χ3v) is 5.93. The number of benzene rings is 2. The molecule has 0 N–H and O–H groups in total. The number of hydrogen-bond donors (Lipinski definition) is 0. The predicted molar refractivity (Wildman–Crippen MR) is 127 cm³/mol. The Morgan fingerprint density at radius 1 is 1.12 bits per heavy atom. The number of rotatable bonds is 10. The van der Waals surface area contributed by atoms with E-state index >= 15 is 0 Å². The number of nitrogens with zero attached hydrogens (tertiary/aromatic N) is 2. The van der Waals surface area contributed by atoms with Gasteiger partial charge in [0.2, 0.25) is 0 Å². The highest BCUT2D eigenvalue weighted by atomic mass is 32.2.